The number of rotatable bonds is 3. The Labute approximate surface area is 67.1 Å². The number of ether oxygens (including phenoxy) is 1. The minimum absolute atomic E-state index is 0.0613. The Hall–Kier alpha value is -0.770. The smallest absolute Gasteiger partial charge is 0.406 e. The summed E-state index contributed by atoms with van der Waals surface area (Å²) in [6, 6.07) is 0. The van der Waals surface area contributed by atoms with Crippen LogP contribution >= 0.6 is 0 Å². The molecule has 0 aromatic heterocycles. The van der Waals surface area contributed by atoms with Gasteiger partial charge in [0, 0.05) is 6.54 Å². The first-order valence-corrected chi connectivity index (χ1v) is 3.54. The molecule has 0 saturated carbocycles. The van der Waals surface area contributed by atoms with Gasteiger partial charge in [-0.1, -0.05) is 13.8 Å². The molecule has 0 fully saturated rings. The average Bonchev–Trinajstić information content (AvgIpc) is 2.00. The van der Waals surface area contributed by atoms with Crippen molar-refractivity contribution in [3.05, 3.63) is 0 Å². The average molecular weight is 160 g/mol. The fraction of sp³-hybridized carbons (Fsp3) is 0.857. The molecule has 0 unspecified atom stereocenters. The number of nitrogens with two attached hydrogens (primary N) is 1. The van der Waals surface area contributed by atoms with Crippen molar-refractivity contribution in [1.82, 2.24) is 5.32 Å². The number of nitrogens with one attached hydrogen (secondary N) is 1. The van der Waals surface area contributed by atoms with Gasteiger partial charge < -0.3 is 15.8 Å². The van der Waals surface area contributed by atoms with E-state index in [0.29, 0.717) is 13.1 Å². The third-order valence-corrected chi connectivity index (χ3v) is 1.45. The van der Waals surface area contributed by atoms with Crippen LogP contribution in [0, 0.1) is 5.41 Å². The van der Waals surface area contributed by atoms with Crippen molar-refractivity contribution in [1.29, 1.82) is 0 Å². The van der Waals surface area contributed by atoms with Gasteiger partial charge in [-0.05, 0) is 12.0 Å². The van der Waals surface area contributed by atoms with Crippen molar-refractivity contribution in [3.8, 4) is 0 Å². The summed E-state index contributed by atoms with van der Waals surface area (Å²) in [5.41, 5.74) is 5.38. The molecule has 0 aliphatic carbocycles. The van der Waals surface area contributed by atoms with Crippen molar-refractivity contribution >= 4 is 6.09 Å². The molecule has 0 aliphatic heterocycles. The van der Waals surface area contributed by atoms with E-state index >= 15 is 0 Å². The lowest BCUT2D eigenvalue weighted by Gasteiger charge is -2.21. The SMILES string of the molecule is COC(=O)NCC(C)(C)CN. The molecule has 0 atom stereocenters. The fourth-order valence-electron chi connectivity index (χ4n) is 0.456. The van der Waals surface area contributed by atoms with E-state index in [9.17, 15) is 4.79 Å². The second-order valence-electron chi connectivity index (χ2n) is 3.21. The van der Waals surface area contributed by atoms with E-state index < -0.39 is 6.09 Å². The first-order valence-electron chi connectivity index (χ1n) is 3.54. The maximum absolute atomic E-state index is 10.6. The first kappa shape index (κ1) is 10.2. The fourth-order valence-corrected chi connectivity index (χ4v) is 0.456. The lowest BCUT2D eigenvalue weighted by atomic mass is 9.94. The lowest BCUT2D eigenvalue weighted by molar-refractivity contribution is 0.165. The standard InChI is InChI=1S/C7H16N2O2/c1-7(2,4-8)5-9-6(10)11-3/h4-5,8H2,1-3H3,(H,9,10). The van der Waals surface area contributed by atoms with Gasteiger partial charge in [0.1, 0.15) is 0 Å². The summed E-state index contributed by atoms with van der Waals surface area (Å²) in [5.74, 6) is 0. The number of methoxy groups -OCH3 is 1. The van der Waals surface area contributed by atoms with Gasteiger partial charge in [0.2, 0.25) is 0 Å². The van der Waals surface area contributed by atoms with E-state index in [0.717, 1.165) is 0 Å². The second kappa shape index (κ2) is 4.18. The first-order chi connectivity index (χ1) is 5.02. The highest BCUT2D eigenvalue weighted by Crippen LogP contribution is 2.09. The molecule has 0 heterocycles. The summed E-state index contributed by atoms with van der Waals surface area (Å²) >= 11 is 0. The van der Waals surface area contributed by atoms with Gasteiger partial charge in [-0.15, -0.1) is 0 Å². The molecular formula is C7H16N2O2. The Morgan fingerprint density at radius 3 is 2.55 bits per heavy atom. The maximum Gasteiger partial charge on any atom is 0.406 e. The van der Waals surface area contributed by atoms with Gasteiger partial charge >= 0.3 is 6.09 Å². The van der Waals surface area contributed by atoms with Crippen molar-refractivity contribution in [2.45, 2.75) is 13.8 Å². The van der Waals surface area contributed by atoms with Crippen molar-refractivity contribution < 1.29 is 9.53 Å². The van der Waals surface area contributed by atoms with E-state index in [1.165, 1.54) is 7.11 Å². The van der Waals surface area contributed by atoms with E-state index in [4.69, 9.17) is 5.73 Å². The number of amides is 1. The zero-order chi connectivity index (χ0) is 8.91. The Bertz CT molecular complexity index is 134. The minimum Gasteiger partial charge on any atom is -0.453 e. The van der Waals surface area contributed by atoms with Crippen molar-refractivity contribution in [2.24, 2.45) is 11.1 Å². The summed E-state index contributed by atoms with van der Waals surface area (Å²) in [6.45, 7) is 5.03. The number of hydrogen-bond acceptors (Lipinski definition) is 3. The molecule has 4 nitrogen and oxygen atoms in total. The number of alkyl carbamates (subject to hydrolysis) is 1. The Balaban J connectivity index is 3.61. The Kier molecular flexibility index (Phi) is 3.89. The van der Waals surface area contributed by atoms with Crippen LogP contribution in [0.4, 0.5) is 4.79 Å². The number of carbonyl (C=O) groups is 1. The summed E-state index contributed by atoms with van der Waals surface area (Å²) in [6.07, 6.45) is -0.411. The van der Waals surface area contributed by atoms with Crippen LogP contribution in [-0.4, -0.2) is 26.3 Å². The highest BCUT2D eigenvalue weighted by atomic mass is 16.5. The third kappa shape index (κ3) is 4.61. The summed E-state index contributed by atoms with van der Waals surface area (Å²) < 4.78 is 4.40. The van der Waals surface area contributed by atoms with Crippen LogP contribution in [0.15, 0.2) is 0 Å². The second-order valence-corrected chi connectivity index (χ2v) is 3.21. The molecule has 0 aromatic rings. The van der Waals surface area contributed by atoms with E-state index in [-0.39, 0.29) is 5.41 Å². The van der Waals surface area contributed by atoms with E-state index in [1.54, 1.807) is 0 Å². The van der Waals surface area contributed by atoms with Gasteiger partial charge in [-0.25, -0.2) is 4.79 Å². The van der Waals surface area contributed by atoms with Gasteiger partial charge in [-0.3, -0.25) is 0 Å². The molecule has 11 heavy (non-hydrogen) atoms. The third-order valence-electron chi connectivity index (χ3n) is 1.45. The maximum atomic E-state index is 10.6. The zero-order valence-electron chi connectivity index (χ0n) is 7.31. The van der Waals surface area contributed by atoms with Crippen LogP contribution in [0.3, 0.4) is 0 Å². The van der Waals surface area contributed by atoms with Gasteiger partial charge in [0.25, 0.3) is 0 Å². The molecule has 1 amide bonds. The molecule has 0 radical (unpaired) electrons. The molecule has 0 spiro atoms. The summed E-state index contributed by atoms with van der Waals surface area (Å²) in [5, 5.41) is 2.58. The highest BCUT2D eigenvalue weighted by Gasteiger charge is 2.16. The van der Waals surface area contributed by atoms with Crippen molar-refractivity contribution in [2.75, 3.05) is 20.2 Å². The van der Waals surface area contributed by atoms with Crippen LogP contribution < -0.4 is 11.1 Å². The van der Waals surface area contributed by atoms with E-state index in [2.05, 4.69) is 10.1 Å². The Morgan fingerprint density at radius 1 is 1.64 bits per heavy atom. The minimum atomic E-state index is -0.411. The van der Waals surface area contributed by atoms with Crippen LogP contribution in [0.1, 0.15) is 13.8 Å². The van der Waals surface area contributed by atoms with Crippen molar-refractivity contribution in [3.63, 3.8) is 0 Å². The monoisotopic (exact) mass is 160 g/mol. The summed E-state index contributed by atoms with van der Waals surface area (Å²) in [4.78, 5) is 10.6. The predicted octanol–water partition coefficient (Wildman–Crippen LogP) is 0.327. The van der Waals surface area contributed by atoms with Crippen LogP contribution in [0.25, 0.3) is 0 Å². The molecule has 3 N–H and O–H groups in total. The topological polar surface area (TPSA) is 64.3 Å². The summed E-state index contributed by atoms with van der Waals surface area (Å²) in [7, 11) is 1.34. The molecule has 0 aliphatic rings. The largest absolute Gasteiger partial charge is 0.453 e. The van der Waals surface area contributed by atoms with E-state index in [1.807, 2.05) is 13.8 Å². The molecular weight excluding hydrogens is 144 g/mol. The molecule has 0 saturated heterocycles. The normalized spacial score (nSPS) is 10.9. The van der Waals surface area contributed by atoms with Gasteiger partial charge in [-0.2, -0.15) is 0 Å². The molecule has 4 heteroatoms. The van der Waals surface area contributed by atoms with Gasteiger partial charge in [0.15, 0.2) is 0 Å². The van der Waals surface area contributed by atoms with Crippen LogP contribution in [-0.2, 0) is 4.74 Å². The Morgan fingerprint density at radius 2 is 2.18 bits per heavy atom. The quantitative estimate of drug-likeness (QED) is 0.625. The molecule has 0 bridgehead atoms. The lowest BCUT2D eigenvalue weighted by Crippen LogP contribution is -2.38. The van der Waals surface area contributed by atoms with Crippen LogP contribution in [0.5, 0.6) is 0 Å². The highest BCUT2D eigenvalue weighted by molar-refractivity contribution is 5.66. The molecule has 66 valence electrons. The zero-order valence-corrected chi connectivity index (χ0v) is 7.31. The molecule has 0 rings (SSSR count). The van der Waals surface area contributed by atoms with Gasteiger partial charge in [0.05, 0.1) is 7.11 Å². The number of carbonyl (C=O) groups excluding carboxylic acids is 1. The van der Waals surface area contributed by atoms with Crippen LogP contribution in [0.2, 0.25) is 0 Å². The molecule has 0 aromatic carbocycles. The number of hydrogen-bond donors (Lipinski definition) is 2. The predicted molar refractivity (Wildman–Crippen MR) is 43.2 cm³/mol.